The summed E-state index contributed by atoms with van der Waals surface area (Å²) in [6, 6.07) is 2.26. The molecule has 0 bridgehead atoms. The molecule has 0 saturated heterocycles. The van der Waals surface area contributed by atoms with E-state index in [1.165, 1.54) is 18.4 Å². The molecule has 0 fully saturated rings. The van der Waals surface area contributed by atoms with Crippen molar-refractivity contribution in [1.82, 2.24) is 5.32 Å². The van der Waals surface area contributed by atoms with Crippen LogP contribution in [0.2, 0.25) is 0 Å². The highest BCUT2D eigenvalue weighted by Crippen LogP contribution is 2.31. The van der Waals surface area contributed by atoms with E-state index >= 15 is 0 Å². The molecular weight excluding hydrogens is 214 g/mol. The second-order valence-electron chi connectivity index (χ2n) is 5.29. The van der Waals surface area contributed by atoms with Gasteiger partial charge in [-0.05, 0) is 53.1 Å². The van der Waals surface area contributed by atoms with Crippen LogP contribution in [0, 0.1) is 11.3 Å². The predicted molar refractivity (Wildman–Crippen MR) is 74.1 cm³/mol. The molecule has 1 atom stereocenters. The monoisotopic (exact) mass is 239 g/mol. The summed E-state index contributed by atoms with van der Waals surface area (Å²) in [5.74, 6) is 0.705. The van der Waals surface area contributed by atoms with Gasteiger partial charge in [-0.1, -0.05) is 27.7 Å². The van der Waals surface area contributed by atoms with Gasteiger partial charge in [-0.25, -0.2) is 0 Å². The van der Waals surface area contributed by atoms with Crippen molar-refractivity contribution in [2.24, 2.45) is 11.3 Å². The highest BCUT2D eigenvalue weighted by Gasteiger charge is 2.28. The molecule has 1 unspecified atom stereocenters. The van der Waals surface area contributed by atoms with Gasteiger partial charge >= 0.3 is 0 Å². The van der Waals surface area contributed by atoms with Crippen LogP contribution in [0.25, 0.3) is 0 Å². The fourth-order valence-electron chi connectivity index (χ4n) is 1.88. The van der Waals surface area contributed by atoms with Crippen molar-refractivity contribution in [2.75, 3.05) is 13.1 Å². The first-order valence-corrected chi connectivity index (χ1v) is 7.24. The van der Waals surface area contributed by atoms with Gasteiger partial charge in [0.25, 0.3) is 0 Å². The lowest BCUT2D eigenvalue weighted by Crippen LogP contribution is -2.38. The Labute approximate surface area is 104 Å². The lowest BCUT2D eigenvalue weighted by Gasteiger charge is -2.34. The van der Waals surface area contributed by atoms with Crippen molar-refractivity contribution in [3.05, 3.63) is 22.4 Å². The van der Waals surface area contributed by atoms with E-state index in [4.69, 9.17) is 0 Å². The molecule has 1 nitrogen and oxygen atoms in total. The molecule has 1 N–H and O–H groups in total. The average molecular weight is 239 g/mol. The van der Waals surface area contributed by atoms with E-state index in [-0.39, 0.29) is 0 Å². The molecule has 0 aliphatic heterocycles. The second kappa shape index (κ2) is 6.41. The lowest BCUT2D eigenvalue weighted by molar-refractivity contribution is 0.208. The lowest BCUT2D eigenvalue weighted by atomic mass is 9.74. The maximum atomic E-state index is 3.57. The Hall–Kier alpha value is -0.340. The zero-order chi connectivity index (χ0) is 12.0. The van der Waals surface area contributed by atoms with E-state index in [1.54, 1.807) is 11.3 Å². The third-order valence-corrected chi connectivity index (χ3v) is 4.27. The van der Waals surface area contributed by atoms with Crippen molar-refractivity contribution in [3.8, 4) is 0 Å². The molecule has 0 spiro atoms. The summed E-state index contributed by atoms with van der Waals surface area (Å²) in [5.41, 5.74) is 1.86. The zero-order valence-electron chi connectivity index (χ0n) is 11.0. The van der Waals surface area contributed by atoms with Gasteiger partial charge < -0.3 is 5.32 Å². The van der Waals surface area contributed by atoms with Crippen LogP contribution in [-0.4, -0.2) is 13.1 Å². The molecule has 1 heterocycles. The molecule has 0 aromatic carbocycles. The molecule has 1 rings (SSSR count). The minimum Gasteiger partial charge on any atom is -0.316 e. The molecule has 92 valence electrons. The third-order valence-electron chi connectivity index (χ3n) is 3.54. The molecule has 16 heavy (non-hydrogen) atoms. The minimum absolute atomic E-state index is 0.371. The van der Waals surface area contributed by atoms with E-state index in [0.717, 1.165) is 13.1 Å². The van der Waals surface area contributed by atoms with Gasteiger partial charge in [0.2, 0.25) is 0 Å². The minimum atomic E-state index is 0.371. The average Bonchev–Trinajstić information content (AvgIpc) is 2.70. The quantitative estimate of drug-likeness (QED) is 0.710. The Morgan fingerprint density at radius 3 is 2.69 bits per heavy atom. The van der Waals surface area contributed by atoms with E-state index in [9.17, 15) is 0 Å². The van der Waals surface area contributed by atoms with Crippen LogP contribution in [0.3, 0.4) is 0 Å². The van der Waals surface area contributed by atoms with E-state index in [2.05, 4.69) is 49.8 Å². The van der Waals surface area contributed by atoms with Gasteiger partial charge in [-0.15, -0.1) is 0 Å². The van der Waals surface area contributed by atoms with Gasteiger partial charge in [-0.3, -0.25) is 0 Å². The van der Waals surface area contributed by atoms with Crippen LogP contribution in [0.4, 0.5) is 0 Å². The molecular formula is C14H25NS. The van der Waals surface area contributed by atoms with Crippen LogP contribution in [0.5, 0.6) is 0 Å². The Morgan fingerprint density at radius 2 is 2.19 bits per heavy atom. The first-order chi connectivity index (χ1) is 7.58. The molecule has 0 radical (unpaired) electrons. The molecule has 1 aromatic rings. The second-order valence-corrected chi connectivity index (χ2v) is 6.07. The topological polar surface area (TPSA) is 12.0 Å². The summed E-state index contributed by atoms with van der Waals surface area (Å²) in [4.78, 5) is 0. The number of rotatable bonds is 7. The Bertz CT molecular complexity index is 279. The molecule has 0 aliphatic rings. The smallest absolute Gasteiger partial charge is 0.00108 e. The number of nitrogens with one attached hydrogen (secondary N) is 1. The van der Waals surface area contributed by atoms with Gasteiger partial charge in [-0.2, -0.15) is 11.3 Å². The predicted octanol–water partition coefficient (Wildman–Crippen LogP) is 3.95. The number of hydrogen-bond acceptors (Lipinski definition) is 2. The van der Waals surface area contributed by atoms with Crippen LogP contribution in [-0.2, 0) is 6.42 Å². The zero-order valence-corrected chi connectivity index (χ0v) is 11.9. The largest absolute Gasteiger partial charge is 0.316 e. The van der Waals surface area contributed by atoms with Crippen LogP contribution in [0.15, 0.2) is 16.8 Å². The van der Waals surface area contributed by atoms with E-state index in [0.29, 0.717) is 11.3 Å². The van der Waals surface area contributed by atoms with Crippen molar-refractivity contribution in [1.29, 1.82) is 0 Å². The molecule has 0 saturated carbocycles. The van der Waals surface area contributed by atoms with Gasteiger partial charge in [0.05, 0.1) is 0 Å². The van der Waals surface area contributed by atoms with Crippen LogP contribution >= 0.6 is 11.3 Å². The first-order valence-electron chi connectivity index (χ1n) is 6.30. The molecule has 0 amide bonds. The SMILES string of the molecule is CCCNCC(C)(Cc1ccsc1)C(C)C. The van der Waals surface area contributed by atoms with Crippen molar-refractivity contribution in [3.63, 3.8) is 0 Å². The fraction of sp³-hybridized carbons (Fsp3) is 0.714. The Balaban J connectivity index is 2.57. The molecule has 0 aliphatic carbocycles. The van der Waals surface area contributed by atoms with Gasteiger partial charge in [0.15, 0.2) is 0 Å². The summed E-state index contributed by atoms with van der Waals surface area (Å²) in [6.45, 7) is 11.5. The number of thiophene rings is 1. The van der Waals surface area contributed by atoms with Crippen molar-refractivity contribution in [2.45, 2.75) is 40.5 Å². The van der Waals surface area contributed by atoms with Crippen molar-refractivity contribution < 1.29 is 0 Å². The Kier molecular flexibility index (Phi) is 5.50. The molecule has 1 aromatic heterocycles. The van der Waals surface area contributed by atoms with Crippen LogP contribution in [0.1, 0.15) is 39.7 Å². The molecule has 2 heteroatoms. The first kappa shape index (κ1) is 13.7. The number of hydrogen-bond donors (Lipinski definition) is 1. The highest BCUT2D eigenvalue weighted by atomic mass is 32.1. The van der Waals surface area contributed by atoms with Crippen LogP contribution < -0.4 is 5.32 Å². The van der Waals surface area contributed by atoms with Crippen molar-refractivity contribution >= 4 is 11.3 Å². The van der Waals surface area contributed by atoms with Gasteiger partial charge in [0.1, 0.15) is 0 Å². The standard InChI is InChI=1S/C14H25NS/c1-5-7-15-11-14(4,12(2)3)9-13-6-8-16-10-13/h6,8,10,12,15H,5,7,9,11H2,1-4H3. The maximum Gasteiger partial charge on any atom is 0.00108 e. The summed E-state index contributed by atoms with van der Waals surface area (Å²) in [6.07, 6.45) is 2.40. The van der Waals surface area contributed by atoms with E-state index < -0.39 is 0 Å². The Morgan fingerprint density at radius 1 is 1.44 bits per heavy atom. The summed E-state index contributed by atoms with van der Waals surface area (Å²) in [5, 5.41) is 8.03. The third kappa shape index (κ3) is 3.91. The maximum absolute atomic E-state index is 3.57. The van der Waals surface area contributed by atoms with Gasteiger partial charge in [0, 0.05) is 6.54 Å². The highest BCUT2D eigenvalue weighted by molar-refractivity contribution is 7.07. The fourth-order valence-corrected chi connectivity index (χ4v) is 2.55. The summed E-state index contributed by atoms with van der Waals surface area (Å²) < 4.78 is 0. The van der Waals surface area contributed by atoms with E-state index in [1.807, 2.05) is 0 Å². The summed E-state index contributed by atoms with van der Waals surface area (Å²) >= 11 is 1.80. The summed E-state index contributed by atoms with van der Waals surface area (Å²) in [7, 11) is 0. The normalized spacial score (nSPS) is 15.3.